The molecule has 6 heteroatoms. The Morgan fingerprint density at radius 1 is 1.26 bits per heavy atom. The van der Waals surface area contributed by atoms with Gasteiger partial charge in [0.15, 0.2) is 5.96 Å². The zero-order chi connectivity index (χ0) is 16.3. The number of nitrogens with one attached hydrogen (secondary N) is 2. The molecule has 1 heterocycles. The molecule has 0 unspecified atom stereocenters. The van der Waals surface area contributed by atoms with E-state index in [1.165, 1.54) is 9.77 Å². The lowest BCUT2D eigenvalue weighted by atomic mass is 10.4. The maximum Gasteiger partial charge on any atom is 0.191 e. The summed E-state index contributed by atoms with van der Waals surface area (Å²) in [6.45, 7) is 6.68. The van der Waals surface area contributed by atoms with Crippen LogP contribution in [-0.4, -0.2) is 36.3 Å². The van der Waals surface area contributed by atoms with E-state index in [2.05, 4.69) is 58.7 Å². The van der Waals surface area contributed by atoms with E-state index in [0.29, 0.717) is 0 Å². The molecule has 1 aromatic carbocycles. The summed E-state index contributed by atoms with van der Waals surface area (Å²) in [6, 6.07) is 10.5. The van der Waals surface area contributed by atoms with E-state index in [-0.39, 0.29) is 0 Å². The first-order valence-electron chi connectivity index (χ1n) is 7.89. The number of aliphatic imine (C=N–C) groups is 1. The fourth-order valence-electron chi connectivity index (χ4n) is 1.98. The first-order valence-corrected chi connectivity index (χ1v) is 9.69. The summed E-state index contributed by atoms with van der Waals surface area (Å²) in [5.41, 5.74) is 0. The van der Waals surface area contributed by atoms with E-state index < -0.39 is 0 Å². The first-order chi connectivity index (χ1) is 11.3. The highest BCUT2D eigenvalue weighted by Gasteiger charge is 2.00. The Morgan fingerprint density at radius 3 is 2.78 bits per heavy atom. The minimum atomic E-state index is 0.758. The van der Waals surface area contributed by atoms with Crippen LogP contribution in [0.3, 0.4) is 0 Å². The fraction of sp³-hybridized carbons (Fsp3) is 0.412. The van der Waals surface area contributed by atoms with E-state index in [0.717, 1.165) is 42.8 Å². The van der Waals surface area contributed by atoms with Crippen molar-refractivity contribution in [3.63, 3.8) is 0 Å². The van der Waals surface area contributed by atoms with Crippen LogP contribution in [-0.2, 0) is 6.42 Å². The second-order valence-corrected chi connectivity index (χ2v) is 7.45. The molecule has 0 amide bonds. The van der Waals surface area contributed by atoms with Crippen molar-refractivity contribution in [2.75, 3.05) is 25.4 Å². The number of guanidine groups is 1. The Morgan fingerprint density at radius 2 is 2.09 bits per heavy atom. The second kappa shape index (κ2) is 10.3. The highest BCUT2D eigenvalue weighted by atomic mass is 32.2. The Labute approximate surface area is 146 Å². The number of rotatable bonds is 8. The van der Waals surface area contributed by atoms with E-state index in [1.807, 2.05) is 24.0 Å². The molecule has 2 rings (SSSR count). The third-order valence-electron chi connectivity index (χ3n) is 3.02. The zero-order valence-electron chi connectivity index (χ0n) is 13.7. The smallest absolute Gasteiger partial charge is 0.191 e. The minimum Gasteiger partial charge on any atom is -0.357 e. The van der Waals surface area contributed by atoms with Gasteiger partial charge in [-0.2, -0.15) is 0 Å². The zero-order valence-corrected chi connectivity index (χ0v) is 15.3. The first kappa shape index (κ1) is 17.8. The van der Waals surface area contributed by atoms with Crippen LogP contribution in [0.1, 0.15) is 16.8 Å². The number of aromatic nitrogens is 1. The number of hydrogen-bond donors (Lipinski definition) is 2. The average molecular weight is 349 g/mol. The van der Waals surface area contributed by atoms with Gasteiger partial charge in [0.1, 0.15) is 0 Å². The van der Waals surface area contributed by atoms with Gasteiger partial charge in [-0.05, 0) is 26.0 Å². The predicted octanol–water partition coefficient (Wildman–Crippen LogP) is 3.34. The van der Waals surface area contributed by atoms with E-state index in [1.54, 1.807) is 11.3 Å². The van der Waals surface area contributed by atoms with Gasteiger partial charge in [-0.3, -0.25) is 4.99 Å². The predicted molar refractivity (Wildman–Crippen MR) is 102 cm³/mol. The molecule has 0 bridgehead atoms. The van der Waals surface area contributed by atoms with Crippen LogP contribution in [0, 0.1) is 6.92 Å². The van der Waals surface area contributed by atoms with Crippen LogP contribution in [0.4, 0.5) is 0 Å². The SMILES string of the molecule is CCNC(=NCCc1ncc(C)s1)NCCSc1ccccc1. The van der Waals surface area contributed by atoms with Gasteiger partial charge in [0.05, 0.1) is 5.01 Å². The van der Waals surface area contributed by atoms with E-state index in [4.69, 9.17) is 0 Å². The van der Waals surface area contributed by atoms with Crippen molar-refractivity contribution in [3.05, 3.63) is 46.4 Å². The number of thioether (sulfide) groups is 1. The van der Waals surface area contributed by atoms with Crippen molar-refractivity contribution >= 4 is 29.1 Å². The third-order valence-corrected chi connectivity index (χ3v) is 5.00. The van der Waals surface area contributed by atoms with Gasteiger partial charge in [-0.15, -0.1) is 23.1 Å². The van der Waals surface area contributed by atoms with Crippen LogP contribution >= 0.6 is 23.1 Å². The van der Waals surface area contributed by atoms with E-state index in [9.17, 15) is 0 Å². The maximum absolute atomic E-state index is 4.61. The van der Waals surface area contributed by atoms with Crippen molar-refractivity contribution < 1.29 is 0 Å². The highest BCUT2D eigenvalue weighted by Crippen LogP contribution is 2.15. The van der Waals surface area contributed by atoms with Crippen molar-refractivity contribution in [3.8, 4) is 0 Å². The minimum absolute atomic E-state index is 0.758. The number of hydrogen-bond acceptors (Lipinski definition) is 4. The third kappa shape index (κ3) is 7.05. The summed E-state index contributed by atoms with van der Waals surface area (Å²) in [7, 11) is 0. The summed E-state index contributed by atoms with van der Waals surface area (Å²) >= 11 is 3.60. The molecule has 2 aromatic rings. The molecular weight excluding hydrogens is 324 g/mol. The Balaban J connectivity index is 1.70. The number of aryl methyl sites for hydroxylation is 1. The molecular formula is C17H24N4S2. The molecule has 0 fully saturated rings. The topological polar surface area (TPSA) is 49.3 Å². The van der Waals surface area contributed by atoms with Crippen LogP contribution in [0.5, 0.6) is 0 Å². The fourth-order valence-corrected chi connectivity index (χ4v) is 3.54. The molecule has 0 aliphatic carbocycles. The van der Waals surface area contributed by atoms with Gasteiger partial charge in [-0.25, -0.2) is 4.98 Å². The van der Waals surface area contributed by atoms with Crippen LogP contribution < -0.4 is 10.6 Å². The maximum atomic E-state index is 4.61. The summed E-state index contributed by atoms with van der Waals surface area (Å²) in [5.74, 6) is 1.90. The Hall–Kier alpha value is -1.53. The van der Waals surface area contributed by atoms with Crippen molar-refractivity contribution in [2.45, 2.75) is 25.2 Å². The molecule has 0 aliphatic rings. The molecule has 0 saturated carbocycles. The lowest BCUT2D eigenvalue weighted by Gasteiger charge is -2.11. The molecule has 0 saturated heterocycles. The quantitative estimate of drug-likeness (QED) is 0.332. The summed E-state index contributed by atoms with van der Waals surface area (Å²) in [6.07, 6.45) is 2.82. The largest absolute Gasteiger partial charge is 0.357 e. The molecule has 1 aromatic heterocycles. The van der Waals surface area contributed by atoms with E-state index >= 15 is 0 Å². The van der Waals surface area contributed by atoms with Crippen LogP contribution in [0.2, 0.25) is 0 Å². The van der Waals surface area contributed by atoms with Crippen molar-refractivity contribution in [2.24, 2.45) is 4.99 Å². The summed E-state index contributed by atoms with van der Waals surface area (Å²) < 4.78 is 0. The number of nitrogens with zero attached hydrogens (tertiary/aromatic N) is 2. The van der Waals surface area contributed by atoms with Crippen LogP contribution in [0.25, 0.3) is 0 Å². The average Bonchev–Trinajstić information content (AvgIpc) is 2.98. The lowest BCUT2D eigenvalue weighted by Crippen LogP contribution is -2.38. The lowest BCUT2D eigenvalue weighted by molar-refractivity contribution is 0.835. The number of benzene rings is 1. The molecule has 0 spiro atoms. The van der Waals surface area contributed by atoms with Gasteiger partial charge in [0.2, 0.25) is 0 Å². The molecule has 0 aliphatic heterocycles. The van der Waals surface area contributed by atoms with Gasteiger partial charge in [0, 0.05) is 47.8 Å². The van der Waals surface area contributed by atoms with Crippen molar-refractivity contribution in [1.29, 1.82) is 0 Å². The summed E-state index contributed by atoms with van der Waals surface area (Å²) in [4.78, 5) is 11.5. The molecule has 2 N–H and O–H groups in total. The number of thiazole rings is 1. The summed E-state index contributed by atoms with van der Waals surface area (Å²) in [5, 5.41) is 7.82. The van der Waals surface area contributed by atoms with Crippen molar-refractivity contribution in [1.82, 2.24) is 15.6 Å². The Kier molecular flexibility index (Phi) is 7.97. The van der Waals surface area contributed by atoms with Gasteiger partial charge in [0.25, 0.3) is 0 Å². The highest BCUT2D eigenvalue weighted by molar-refractivity contribution is 7.99. The van der Waals surface area contributed by atoms with Gasteiger partial charge < -0.3 is 10.6 Å². The van der Waals surface area contributed by atoms with Gasteiger partial charge >= 0.3 is 0 Å². The molecule has 0 radical (unpaired) electrons. The normalized spacial score (nSPS) is 11.5. The molecule has 4 nitrogen and oxygen atoms in total. The second-order valence-electron chi connectivity index (χ2n) is 4.96. The molecule has 124 valence electrons. The molecule has 0 atom stereocenters. The van der Waals surface area contributed by atoms with Crippen LogP contribution in [0.15, 0.2) is 46.4 Å². The van der Waals surface area contributed by atoms with Gasteiger partial charge in [-0.1, -0.05) is 18.2 Å². The molecule has 23 heavy (non-hydrogen) atoms. The standard InChI is InChI=1S/C17H24N4S2/c1-3-18-17(19-10-9-16-21-13-14(2)23-16)20-11-12-22-15-7-5-4-6-8-15/h4-8,13H,3,9-12H2,1-2H3,(H2,18,19,20). The monoisotopic (exact) mass is 348 g/mol. The Bertz CT molecular complexity index is 596.